The van der Waals surface area contributed by atoms with Gasteiger partial charge >= 0.3 is 6.03 Å². The number of rotatable bonds is 5. The van der Waals surface area contributed by atoms with Crippen LogP contribution >= 0.6 is 0 Å². The zero-order valence-electron chi connectivity index (χ0n) is 19.7. The third kappa shape index (κ3) is 4.48. The SMILES string of the molecule is O=C(NC1CC1)c1ccc(CN2CCN(C(=O)N3CCC(c4cn[nH]c4)C3)c3ccccc32)cc1. The van der Waals surface area contributed by atoms with Gasteiger partial charge in [0.1, 0.15) is 0 Å². The van der Waals surface area contributed by atoms with Crippen LogP contribution in [-0.4, -0.2) is 59.3 Å². The molecule has 1 atom stereocenters. The number of nitrogens with zero attached hydrogens (tertiary/aromatic N) is 4. The number of hydrogen-bond acceptors (Lipinski definition) is 4. The lowest BCUT2D eigenvalue weighted by Gasteiger charge is -2.39. The number of hydrogen-bond donors (Lipinski definition) is 2. The van der Waals surface area contributed by atoms with Gasteiger partial charge in [-0.2, -0.15) is 5.10 Å². The monoisotopic (exact) mass is 470 g/mol. The molecule has 3 aromatic rings. The number of benzene rings is 2. The Morgan fingerprint density at radius 2 is 1.77 bits per heavy atom. The molecule has 8 nitrogen and oxygen atoms in total. The molecule has 2 aromatic carbocycles. The standard InChI is InChI=1S/C27H30N6O2/c34-26(30-23-9-10-23)20-7-5-19(6-8-20)17-31-13-14-33(25-4-2-1-3-24(25)31)27(35)32-12-11-21(18-32)22-15-28-29-16-22/h1-8,15-16,21,23H,9-14,17-18H2,(H,28,29)(H,30,34). The Kier molecular flexibility index (Phi) is 5.64. The molecule has 1 aliphatic carbocycles. The van der Waals surface area contributed by atoms with E-state index in [2.05, 4.69) is 26.5 Å². The van der Waals surface area contributed by atoms with E-state index in [-0.39, 0.29) is 11.9 Å². The molecule has 1 aromatic heterocycles. The summed E-state index contributed by atoms with van der Waals surface area (Å²) in [5, 5.41) is 9.98. The van der Waals surface area contributed by atoms with Crippen molar-refractivity contribution in [3.63, 3.8) is 0 Å². The predicted octanol–water partition coefficient (Wildman–Crippen LogP) is 3.74. The van der Waals surface area contributed by atoms with E-state index in [0.717, 1.165) is 62.4 Å². The van der Waals surface area contributed by atoms with Crippen molar-refractivity contribution in [2.24, 2.45) is 0 Å². The maximum Gasteiger partial charge on any atom is 0.324 e. The second-order valence-corrected chi connectivity index (χ2v) is 9.75. The van der Waals surface area contributed by atoms with Crippen molar-refractivity contribution in [1.29, 1.82) is 0 Å². The second-order valence-electron chi connectivity index (χ2n) is 9.75. The zero-order chi connectivity index (χ0) is 23.8. The number of para-hydroxylation sites is 2. The van der Waals surface area contributed by atoms with Crippen LogP contribution in [0.15, 0.2) is 60.9 Å². The molecule has 1 unspecified atom stereocenters. The van der Waals surface area contributed by atoms with E-state index in [0.29, 0.717) is 24.1 Å². The Morgan fingerprint density at radius 1 is 0.971 bits per heavy atom. The van der Waals surface area contributed by atoms with Crippen molar-refractivity contribution in [2.75, 3.05) is 36.0 Å². The van der Waals surface area contributed by atoms with Crippen LogP contribution < -0.4 is 15.1 Å². The van der Waals surface area contributed by atoms with Gasteiger partial charge in [-0.1, -0.05) is 24.3 Å². The highest BCUT2D eigenvalue weighted by atomic mass is 16.2. The van der Waals surface area contributed by atoms with Crippen LogP contribution in [0.1, 0.15) is 46.7 Å². The van der Waals surface area contributed by atoms with Gasteiger partial charge < -0.3 is 15.1 Å². The van der Waals surface area contributed by atoms with Gasteiger partial charge in [0.15, 0.2) is 0 Å². The fraction of sp³-hybridized carbons (Fsp3) is 0.370. The number of H-pyrrole nitrogens is 1. The van der Waals surface area contributed by atoms with Gasteiger partial charge in [-0.3, -0.25) is 14.8 Å². The first-order valence-electron chi connectivity index (χ1n) is 12.4. The second kappa shape index (κ2) is 9.09. The number of urea groups is 1. The average Bonchev–Trinajstić information content (AvgIpc) is 3.33. The minimum absolute atomic E-state index is 0.00782. The summed E-state index contributed by atoms with van der Waals surface area (Å²) in [6.07, 6.45) is 6.92. The van der Waals surface area contributed by atoms with Crippen LogP contribution in [-0.2, 0) is 6.54 Å². The molecule has 1 saturated heterocycles. The van der Waals surface area contributed by atoms with Crippen molar-refractivity contribution in [1.82, 2.24) is 20.4 Å². The van der Waals surface area contributed by atoms with E-state index in [1.807, 2.05) is 64.7 Å². The Morgan fingerprint density at radius 3 is 2.51 bits per heavy atom. The number of likely N-dealkylation sites (tertiary alicyclic amines) is 1. The van der Waals surface area contributed by atoms with Gasteiger partial charge in [0.05, 0.1) is 17.6 Å². The number of amides is 3. The number of aromatic amines is 1. The number of carbonyl (C=O) groups excluding carboxylic acids is 2. The van der Waals surface area contributed by atoms with Crippen LogP contribution in [0, 0.1) is 0 Å². The molecule has 3 amide bonds. The molecule has 2 fully saturated rings. The minimum Gasteiger partial charge on any atom is -0.364 e. The molecule has 180 valence electrons. The van der Waals surface area contributed by atoms with Crippen LogP contribution in [0.3, 0.4) is 0 Å². The molecule has 35 heavy (non-hydrogen) atoms. The Bertz CT molecular complexity index is 1200. The summed E-state index contributed by atoms with van der Waals surface area (Å²) in [6, 6.07) is 16.4. The number of anilines is 2. The van der Waals surface area contributed by atoms with E-state index >= 15 is 0 Å². The van der Waals surface area contributed by atoms with Crippen molar-refractivity contribution >= 4 is 23.3 Å². The molecule has 0 bridgehead atoms. The normalized spacial score (nSPS) is 19.5. The molecule has 6 rings (SSSR count). The molecule has 0 radical (unpaired) electrons. The first kappa shape index (κ1) is 21.7. The quantitative estimate of drug-likeness (QED) is 0.595. The van der Waals surface area contributed by atoms with Gasteiger partial charge in [0, 0.05) is 56.4 Å². The largest absolute Gasteiger partial charge is 0.364 e. The molecular formula is C27H30N6O2. The highest BCUT2D eigenvalue weighted by molar-refractivity contribution is 5.97. The lowest BCUT2D eigenvalue weighted by atomic mass is 10.0. The Labute approximate surface area is 204 Å². The smallest absolute Gasteiger partial charge is 0.324 e. The summed E-state index contributed by atoms with van der Waals surface area (Å²) in [7, 11) is 0. The van der Waals surface area contributed by atoms with Crippen LogP contribution in [0.5, 0.6) is 0 Å². The number of nitrogens with one attached hydrogen (secondary N) is 2. The number of aromatic nitrogens is 2. The van der Waals surface area contributed by atoms with E-state index < -0.39 is 0 Å². The first-order valence-corrected chi connectivity index (χ1v) is 12.4. The average molecular weight is 471 g/mol. The molecule has 2 N–H and O–H groups in total. The molecule has 8 heteroatoms. The molecule has 3 heterocycles. The fourth-order valence-corrected chi connectivity index (χ4v) is 5.12. The minimum atomic E-state index is 0.00782. The van der Waals surface area contributed by atoms with E-state index in [1.54, 1.807) is 0 Å². The highest BCUT2D eigenvalue weighted by Crippen LogP contribution is 2.36. The van der Waals surface area contributed by atoms with E-state index in [9.17, 15) is 9.59 Å². The van der Waals surface area contributed by atoms with Crippen LogP contribution in [0.2, 0.25) is 0 Å². The summed E-state index contributed by atoms with van der Waals surface area (Å²) < 4.78 is 0. The lowest BCUT2D eigenvalue weighted by molar-refractivity contribution is 0.0951. The zero-order valence-corrected chi connectivity index (χ0v) is 19.7. The summed E-state index contributed by atoms with van der Waals surface area (Å²) in [5.74, 6) is 0.344. The third-order valence-electron chi connectivity index (χ3n) is 7.29. The molecule has 0 spiro atoms. The highest BCUT2D eigenvalue weighted by Gasteiger charge is 2.34. The summed E-state index contributed by atoms with van der Waals surface area (Å²) >= 11 is 0. The topological polar surface area (TPSA) is 84.6 Å². The summed E-state index contributed by atoms with van der Waals surface area (Å²) in [4.78, 5) is 32.0. The third-order valence-corrected chi connectivity index (χ3v) is 7.29. The van der Waals surface area contributed by atoms with Gasteiger partial charge in [-0.25, -0.2) is 4.79 Å². The van der Waals surface area contributed by atoms with Crippen molar-refractivity contribution in [3.05, 3.63) is 77.6 Å². The van der Waals surface area contributed by atoms with Gasteiger partial charge in [-0.05, 0) is 54.7 Å². The summed E-state index contributed by atoms with van der Waals surface area (Å²) in [5.41, 5.74) is 5.03. The lowest BCUT2D eigenvalue weighted by Crippen LogP contribution is -2.49. The van der Waals surface area contributed by atoms with Gasteiger partial charge in [0.2, 0.25) is 0 Å². The maximum absolute atomic E-state index is 13.5. The van der Waals surface area contributed by atoms with Crippen molar-refractivity contribution in [2.45, 2.75) is 37.8 Å². The van der Waals surface area contributed by atoms with E-state index in [1.165, 1.54) is 5.56 Å². The van der Waals surface area contributed by atoms with E-state index in [4.69, 9.17) is 0 Å². The number of fused-ring (bicyclic) bond motifs is 1. The molecule has 2 aliphatic heterocycles. The van der Waals surface area contributed by atoms with Gasteiger partial charge in [0.25, 0.3) is 5.91 Å². The summed E-state index contributed by atoms with van der Waals surface area (Å²) in [6.45, 7) is 3.62. The maximum atomic E-state index is 13.5. The molecule has 3 aliphatic rings. The van der Waals surface area contributed by atoms with Crippen molar-refractivity contribution < 1.29 is 9.59 Å². The fourth-order valence-electron chi connectivity index (χ4n) is 5.12. The van der Waals surface area contributed by atoms with Crippen molar-refractivity contribution in [3.8, 4) is 0 Å². The Balaban J connectivity index is 1.14. The molecule has 1 saturated carbocycles. The van der Waals surface area contributed by atoms with Crippen LogP contribution in [0.4, 0.5) is 16.2 Å². The first-order chi connectivity index (χ1) is 17.2. The molecular weight excluding hydrogens is 440 g/mol. The predicted molar refractivity (Wildman–Crippen MR) is 135 cm³/mol. The van der Waals surface area contributed by atoms with Gasteiger partial charge in [-0.15, -0.1) is 0 Å². The number of carbonyl (C=O) groups is 2. The van der Waals surface area contributed by atoms with Crippen LogP contribution in [0.25, 0.3) is 0 Å². The Hall–Kier alpha value is -3.81.